The van der Waals surface area contributed by atoms with Crippen molar-refractivity contribution < 1.29 is 9.59 Å². The lowest BCUT2D eigenvalue weighted by atomic mass is 10.0. The molecular weight excluding hydrogens is 448 g/mol. The van der Waals surface area contributed by atoms with Gasteiger partial charge >= 0.3 is 0 Å². The largest absolute Gasteiger partial charge is 0.334 e. The van der Waals surface area contributed by atoms with Crippen LogP contribution in [0.3, 0.4) is 0 Å². The van der Waals surface area contributed by atoms with Crippen molar-refractivity contribution in [3.63, 3.8) is 0 Å². The first-order valence-corrected chi connectivity index (χ1v) is 12.2. The molecule has 0 unspecified atom stereocenters. The van der Waals surface area contributed by atoms with Gasteiger partial charge in [-0.2, -0.15) is 10.1 Å². The molecule has 0 aliphatic carbocycles. The van der Waals surface area contributed by atoms with Crippen LogP contribution in [0.5, 0.6) is 0 Å². The van der Waals surface area contributed by atoms with E-state index in [1.165, 1.54) is 16.8 Å². The summed E-state index contributed by atoms with van der Waals surface area (Å²) in [4.78, 5) is 37.9. The number of hydrogen-bond donors (Lipinski definition) is 1. The highest BCUT2D eigenvalue weighted by molar-refractivity contribution is 7.10. The zero-order valence-electron chi connectivity index (χ0n) is 19.5. The molecule has 0 saturated heterocycles. The highest BCUT2D eigenvalue weighted by Crippen LogP contribution is 2.27. The van der Waals surface area contributed by atoms with Gasteiger partial charge in [0.2, 0.25) is 5.91 Å². The fraction of sp³-hybridized carbons (Fsp3) is 0.320. The Hall–Kier alpha value is -3.59. The molecule has 0 spiro atoms. The molecule has 0 bridgehead atoms. The number of nitrogens with one attached hydrogen (secondary N) is 1. The van der Waals surface area contributed by atoms with E-state index < -0.39 is 0 Å². The summed E-state index contributed by atoms with van der Waals surface area (Å²) in [6, 6.07) is 7.61. The van der Waals surface area contributed by atoms with Crippen LogP contribution in [0.1, 0.15) is 49.7 Å². The summed E-state index contributed by atoms with van der Waals surface area (Å²) in [6.45, 7) is 7.12. The monoisotopic (exact) mass is 474 g/mol. The minimum atomic E-state index is -0.105. The zero-order chi connectivity index (χ0) is 23.8. The molecular formula is C25H26N6O2S. The fourth-order valence-corrected chi connectivity index (χ4v) is 5.45. The number of aromatic nitrogens is 4. The van der Waals surface area contributed by atoms with Crippen LogP contribution in [0.25, 0.3) is 5.78 Å². The van der Waals surface area contributed by atoms with Gasteiger partial charge in [0.05, 0.1) is 0 Å². The van der Waals surface area contributed by atoms with Crippen LogP contribution in [0, 0.1) is 20.8 Å². The van der Waals surface area contributed by atoms with Gasteiger partial charge in [0.1, 0.15) is 6.33 Å². The highest BCUT2D eigenvalue weighted by Gasteiger charge is 2.24. The molecule has 34 heavy (non-hydrogen) atoms. The maximum atomic E-state index is 13.3. The first kappa shape index (κ1) is 22.2. The van der Waals surface area contributed by atoms with Gasteiger partial charge in [-0.25, -0.2) is 9.50 Å². The summed E-state index contributed by atoms with van der Waals surface area (Å²) in [5.41, 5.74) is 6.10. The van der Waals surface area contributed by atoms with Crippen molar-refractivity contribution in [1.82, 2.24) is 24.5 Å². The van der Waals surface area contributed by atoms with Gasteiger partial charge in [-0.1, -0.05) is 6.07 Å². The van der Waals surface area contributed by atoms with E-state index >= 15 is 0 Å². The van der Waals surface area contributed by atoms with E-state index in [0.29, 0.717) is 43.0 Å². The molecule has 2 amide bonds. The van der Waals surface area contributed by atoms with Crippen molar-refractivity contribution in [3.8, 4) is 0 Å². The van der Waals surface area contributed by atoms with Crippen LogP contribution in [0.15, 0.2) is 36.0 Å². The summed E-state index contributed by atoms with van der Waals surface area (Å²) >= 11 is 1.76. The molecule has 1 aromatic carbocycles. The molecule has 0 saturated carbocycles. The van der Waals surface area contributed by atoms with Gasteiger partial charge in [-0.3, -0.25) is 9.59 Å². The number of carbonyl (C=O) groups excluding carboxylic acids is 2. The SMILES string of the molecule is Cc1nc2ncnn2c(C)c1CCC(=O)Nc1cccc(C(=O)N2CCc3sccc3C2)c1C. The predicted molar refractivity (Wildman–Crippen MR) is 131 cm³/mol. The molecule has 3 aromatic heterocycles. The molecule has 4 heterocycles. The number of aryl methyl sites for hydroxylation is 2. The molecule has 9 heteroatoms. The van der Waals surface area contributed by atoms with Crippen LogP contribution >= 0.6 is 11.3 Å². The Morgan fingerprint density at radius 3 is 2.88 bits per heavy atom. The van der Waals surface area contributed by atoms with Crippen LogP contribution in [-0.4, -0.2) is 42.8 Å². The zero-order valence-corrected chi connectivity index (χ0v) is 20.3. The normalized spacial score (nSPS) is 13.2. The molecule has 5 rings (SSSR count). The minimum Gasteiger partial charge on any atom is -0.334 e. The van der Waals surface area contributed by atoms with Gasteiger partial charge in [-0.15, -0.1) is 11.3 Å². The van der Waals surface area contributed by atoms with E-state index in [0.717, 1.165) is 28.9 Å². The lowest BCUT2D eigenvalue weighted by molar-refractivity contribution is -0.116. The maximum Gasteiger partial charge on any atom is 0.254 e. The first-order chi connectivity index (χ1) is 16.4. The van der Waals surface area contributed by atoms with Crippen molar-refractivity contribution >= 4 is 34.6 Å². The second kappa shape index (κ2) is 8.98. The second-order valence-electron chi connectivity index (χ2n) is 8.61. The molecule has 4 aromatic rings. The van der Waals surface area contributed by atoms with E-state index in [-0.39, 0.29) is 11.8 Å². The topological polar surface area (TPSA) is 92.5 Å². The number of carbonyl (C=O) groups is 2. The number of hydrogen-bond acceptors (Lipinski definition) is 6. The first-order valence-electron chi connectivity index (χ1n) is 11.3. The van der Waals surface area contributed by atoms with Gasteiger partial charge < -0.3 is 10.2 Å². The third-order valence-electron chi connectivity index (χ3n) is 6.52. The summed E-state index contributed by atoms with van der Waals surface area (Å²) in [6.07, 6.45) is 3.21. The number of rotatable bonds is 5. The number of thiophene rings is 1. The quantitative estimate of drug-likeness (QED) is 0.474. The van der Waals surface area contributed by atoms with Gasteiger partial charge in [0.15, 0.2) is 0 Å². The molecule has 1 aliphatic rings. The Morgan fingerprint density at radius 2 is 2.03 bits per heavy atom. The Morgan fingerprint density at radius 1 is 1.18 bits per heavy atom. The van der Waals surface area contributed by atoms with Gasteiger partial charge in [-0.05, 0) is 73.9 Å². The Bertz CT molecular complexity index is 1410. The molecule has 0 fully saturated rings. The van der Waals surface area contributed by atoms with Crippen molar-refractivity contribution in [3.05, 3.63) is 74.5 Å². The third-order valence-corrected chi connectivity index (χ3v) is 7.55. The molecule has 0 atom stereocenters. The summed E-state index contributed by atoms with van der Waals surface area (Å²) in [5, 5.41) is 9.29. The van der Waals surface area contributed by atoms with E-state index in [2.05, 4.69) is 31.8 Å². The Kier molecular flexibility index (Phi) is 5.87. The van der Waals surface area contributed by atoms with Crippen molar-refractivity contribution in [2.45, 2.75) is 46.6 Å². The molecule has 1 N–H and O–H groups in total. The third kappa shape index (κ3) is 4.07. The Balaban J connectivity index is 1.28. The average Bonchev–Trinajstić information content (AvgIpc) is 3.48. The van der Waals surface area contributed by atoms with E-state index in [4.69, 9.17) is 0 Å². The predicted octanol–water partition coefficient (Wildman–Crippen LogP) is 3.88. The maximum absolute atomic E-state index is 13.3. The fourth-order valence-electron chi connectivity index (χ4n) is 4.56. The van der Waals surface area contributed by atoms with E-state index in [9.17, 15) is 9.59 Å². The molecule has 1 aliphatic heterocycles. The van der Waals surface area contributed by atoms with Crippen LogP contribution in [-0.2, 0) is 24.2 Å². The Labute approximate surface area is 201 Å². The van der Waals surface area contributed by atoms with Gasteiger partial charge in [0.25, 0.3) is 11.7 Å². The molecule has 8 nitrogen and oxygen atoms in total. The number of amides is 2. The average molecular weight is 475 g/mol. The van der Waals surface area contributed by atoms with Crippen molar-refractivity contribution in [1.29, 1.82) is 0 Å². The molecule has 0 radical (unpaired) electrons. The summed E-state index contributed by atoms with van der Waals surface area (Å²) in [5.74, 6) is 0.458. The van der Waals surface area contributed by atoms with Crippen LogP contribution < -0.4 is 5.32 Å². The lowest BCUT2D eigenvalue weighted by Crippen LogP contribution is -2.35. The number of nitrogens with zero attached hydrogens (tertiary/aromatic N) is 5. The van der Waals surface area contributed by atoms with Gasteiger partial charge in [0, 0.05) is 47.0 Å². The van der Waals surface area contributed by atoms with Crippen molar-refractivity contribution in [2.24, 2.45) is 0 Å². The van der Waals surface area contributed by atoms with Crippen LogP contribution in [0.4, 0.5) is 5.69 Å². The minimum absolute atomic E-state index is 0.00362. The lowest BCUT2D eigenvalue weighted by Gasteiger charge is -2.28. The van der Waals surface area contributed by atoms with Crippen LogP contribution in [0.2, 0.25) is 0 Å². The number of benzene rings is 1. The summed E-state index contributed by atoms with van der Waals surface area (Å²) < 4.78 is 1.69. The smallest absolute Gasteiger partial charge is 0.254 e. The molecule has 174 valence electrons. The number of anilines is 1. The standard InChI is InChI=1S/C25H26N6O2S/c1-15-19(24(33)30-11-9-22-18(13-30)10-12-34-22)5-4-6-21(15)29-23(32)8-7-20-16(2)28-25-26-14-27-31(25)17(20)3/h4-6,10,12,14H,7-9,11,13H2,1-3H3,(H,29,32). The van der Waals surface area contributed by atoms with E-state index in [1.54, 1.807) is 15.9 Å². The second-order valence-corrected chi connectivity index (χ2v) is 9.61. The van der Waals surface area contributed by atoms with Crippen molar-refractivity contribution in [2.75, 3.05) is 11.9 Å². The number of fused-ring (bicyclic) bond motifs is 2. The summed E-state index contributed by atoms with van der Waals surface area (Å²) in [7, 11) is 0. The highest BCUT2D eigenvalue weighted by atomic mass is 32.1. The van der Waals surface area contributed by atoms with E-state index in [1.807, 2.05) is 43.9 Å².